The number of carbonyl (C=O) groups excluding carboxylic acids is 1. The molecule has 3 aromatic rings. The van der Waals surface area contributed by atoms with E-state index < -0.39 is 0 Å². The normalized spacial score (nSPS) is 15.8. The van der Waals surface area contributed by atoms with E-state index in [1.165, 1.54) is 33.8 Å². The number of piperidine rings is 1. The number of carbonyl (C=O) groups is 1. The molecule has 4 rings (SSSR count). The molecule has 0 aliphatic carbocycles. The summed E-state index contributed by atoms with van der Waals surface area (Å²) in [5.74, 6) is 1.34. The summed E-state index contributed by atoms with van der Waals surface area (Å²) < 4.78 is 2.10. The molecule has 0 spiro atoms. The number of aromatic nitrogens is 3. The Morgan fingerprint density at radius 3 is 2.59 bits per heavy atom. The average molecular weight is 383 g/mol. The Kier molecular flexibility index (Phi) is 4.84. The van der Waals surface area contributed by atoms with Gasteiger partial charge < -0.3 is 4.90 Å². The summed E-state index contributed by atoms with van der Waals surface area (Å²) in [5.41, 5.74) is 5.64. The lowest BCUT2D eigenvalue weighted by Crippen LogP contribution is -2.38. The standard InChI is InChI=1S/C21H26N4OS/c1-13-5-7-24(8-6-13)19(26)12-27-21-23-22-18-11-15(3)17-10-14(2)9-16(4)20(17)25(18)21/h9-11,13H,5-8,12H2,1-4H3. The predicted molar refractivity (Wildman–Crippen MR) is 110 cm³/mol. The van der Waals surface area contributed by atoms with Crippen LogP contribution < -0.4 is 0 Å². The summed E-state index contributed by atoms with van der Waals surface area (Å²) in [6.45, 7) is 10.4. The van der Waals surface area contributed by atoms with Crippen LogP contribution in [0.15, 0.2) is 23.4 Å². The van der Waals surface area contributed by atoms with Gasteiger partial charge in [0.05, 0.1) is 11.3 Å². The predicted octanol–water partition coefficient (Wildman–Crippen LogP) is 4.16. The van der Waals surface area contributed by atoms with E-state index in [2.05, 4.69) is 60.5 Å². The molecule has 1 aromatic carbocycles. The summed E-state index contributed by atoms with van der Waals surface area (Å²) in [7, 11) is 0. The van der Waals surface area contributed by atoms with Crippen molar-refractivity contribution in [3.8, 4) is 0 Å². The van der Waals surface area contributed by atoms with Gasteiger partial charge >= 0.3 is 0 Å². The molecule has 0 radical (unpaired) electrons. The first-order valence-corrected chi connectivity index (χ1v) is 10.6. The Hall–Kier alpha value is -2.08. The fraction of sp³-hybridized carbons (Fsp3) is 0.476. The minimum atomic E-state index is 0.202. The van der Waals surface area contributed by atoms with Crippen molar-refractivity contribution in [2.45, 2.75) is 45.7 Å². The Morgan fingerprint density at radius 2 is 1.85 bits per heavy atom. The third-order valence-electron chi connectivity index (χ3n) is 5.56. The molecule has 3 heterocycles. The van der Waals surface area contributed by atoms with Gasteiger partial charge in [-0.1, -0.05) is 30.3 Å². The zero-order chi connectivity index (χ0) is 19.1. The number of hydrogen-bond acceptors (Lipinski definition) is 4. The Bertz CT molecular complexity index is 1020. The zero-order valence-electron chi connectivity index (χ0n) is 16.5. The number of likely N-dealkylation sites (tertiary alicyclic amines) is 1. The molecule has 0 N–H and O–H groups in total. The van der Waals surface area contributed by atoms with Gasteiger partial charge in [0.15, 0.2) is 10.8 Å². The highest BCUT2D eigenvalue weighted by molar-refractivity contribution is 7.99. The second kappa shape index (κ2) is 7.15. The van der Waals surface area contributed by atoms with Crippen LogP contribution >= 0.6 is 11.8 Å². The number of nitrogens with zero attached hydrogens (tertiary/aromatic N) is 4. The van der Waals surface area contributed by atoms with Gasteiger partial charge in [-0.15, -0.1) is 10.2 Å². The van der Waals surface area contributed by atoms with E-state index in [4.69, 9.17) is 0 Å². The second-order valence-electron chi connectivity index (χ2n) is 7.83. The molecular weight excluding hydrogens is 356 g/mol. The lowest BCUT2D eigenvalue weighted by molar-refractivity contribution is -0.129. The molecule has 2 aromatic heterocycles. The Balaban J connectivity index is 1.65. The number of fused-ring (bicyclic) bond motifs is 3. The monoisotopic (exact) mass is 382 g/mol. The minimum absolute atomic E-state index is 0.202. The number of rotatable bonds is 3. The molecule has 0 unspecified atom stereocenters. The lowest BCUT2D eigenvalue weighted by Gasteiger charge is -2.30. The van der Waals surface area contributed by atoms with Crippen molar-refractivity contribution in [3.05, 3.63) is 34.9 Å². The third-order valence-corrected chi connectivity index (χ3v) is 6.47. The Labute approximate surface area is 164 Å². The molecule has 0 atom stereocenters. The van der Waals surface area contributed by atoms with Gasteiger partial charge in [0.2, 0.25) is 5.91 Å². The number of aryl methyl sites for hydroxylation is 3. The number of thioether (sulfide) groups is 1. The molecule has 6 heteroatoms. The maximum absolute atomic E-state index is 12.6. The van der Waals surface area contributed by atoms with Crippen molar-refractivity contribution >= 4 is 34.2 Å². The van der Waals surface area contributed by atoms with E-state index in [9.17, 15) is 4.79 Å². The molecule has 5 nitrogen and oxygen atoms in total. The van der Waals surface area contributed by atoms with Crippen molar-refractivity contribution in [3.63, 3.8) is 0 Å². The SMILES string of the molecule is Cc1cc(C)c2c(c1)c(C)cc1nnc(SCC(=O)N3CCC(C)CC3)n12. The number of benzene rings is 1. The molecule has 142 valence electrons. The van der Waals surface area contributed by atoms with Gasteiger partial charge in [-0.2, -0.15) is 0 Å². The van der Waals surface area contributed by atoms with Crippen molar-refractivity contribution in [1.82, 2.24) is 19.5 Å². The maximum atomic E-state index is 12.6. The average Bonchev–Trinajstić information content (AvgIpc) is 3.02. The van der Waals surface area contributed by atoms with Crippen molar-refractivity contribution < 1.29 is 4.79 Å². The quantitative estimate of drug-likeness (QED) is 0.638. The molecule has 1 amide bonds. The molecule has 1 saturated heterocycles. The summed E-state index contributed by atoms with van der Waals surface area (Å²) in [6, 6.07) is 6.48. The summed E-state index contributed by atoms with van der Waals surface area (Å²) >= 11 is 1.49. The van der Waals surface area contributed by atoms with Crippen LogP contribution in [0.2, 0.25) is 0 Å². The minimum Gasteiger partial charge on any atom is -0.342 e. The maximum Gasteiger partial charge on any atom is 0.233 e. The third kappa shape index (κ3) is 3.43. The van der Waals surface area contributed by atoms with Crippen LogP contribution in [0.3, 0.4) is 0 Å². The second-order valence-corrected chi connectivity index (χ2v) is 8.78. The van der Waals surface area contributed by atoms with Gasteiger partial charge in [-0.05, 0) is 62.8 Å². The molecule has 0 saturated carbocycles. The van der Waals surface area contributed by atoms with Crippen LogP contribution in [-0.4, -0.2) is 44.2 Å². The van der Waals surface area contributed by atoms with E-state index in [1.54, 1.807) is 0 Å². The zero-order valence-corrected chi connectivity index (χ0v) is 17.3. The van der Waals surface area contributed by atoms with Crippen molar-refractivity contribution in [1.29, 1.82) is 0 Å². The van der Waals surface area contributed by atoms with Crippen LogP contribution in [0.25, 0.3) is 16.6 Å². The van der Waals surface area contributed by atoms with Gasteiger partial charge in [0.25, 0.3) is 0 Å². The lowest BCUT2D eigenvalue weighted by atomic mass is 9.99. The molecule has 1 aliphatic rings. The summed E-state index contributed by atoms with van der Waals surface area (Å²) in [5, 5.41) is 10.8. The topological polar surface area (TPSA) is 50.5 Å². The highest BCUT2D eigenvalue weighted by Gasteiger charge is 2.21. The van der Waals surface area contributed by atoms with Gasteiger partial charge in [0, 0.05) is 18.5 Å². The number of amides is 1. The van der Waals surface area contributed by atoms with Gasteiger partial charge in [-0.3, -0.25) is 9.20 Å². The Morgan fingerprint density at radius 1 is 1.11 bits per heavy atom. The molecular formula is C21H26N4OS. The molecule has 0 bridgehead atoms. The van der Waals surface area contributed by atoms with Gasteiger partial charge in [-0.25, -0.2) is 0 Å². The number of pyridine rings is 1. The first-order chi connectivity index (χ1) is 12.9. The van der Waals surface area contributed by atoms with Crippen molar-refractivity contribution in [2.24, 2.45) is 5.92 Å². The largest absolute Gasteiger partial charge is 0.342 e. The molecule has 1 fully saturated rings. The van der Waals surface area contributed by atoms with Crippen molar-refractivity contribution in [2.75, 3.05) is 18.8 Å². The van der Waals surface area contributed by atoms with E-state index in [0.717, 1.165) is 48.2 Å². The van der Waals surface area contributed by atoms with Crippen LogP contribution in [0, 0.1) is 26.7 Å². The first-order valence-electron chi connectivity index (χ1n) is 9.60. The summed E-state index contributed by atoms with van der Waals surface area (Å²) in [6.07, 6.45) is 2.21. The summed E-state index contributed by atoms with van der Waals surface area (Å²) in [4.78, 5) is 14.6. The first kappa shape index (κ1) is 18.3. The van der Waals surface area contributed by atoms with Crippen LogP contribution in [0.1, 0.15) is 36.5 Å². The van der Waals surface area contributed by atoms with Crippen LogP contribution in [0.5, 0.6) is 0 Å². The number of hydrogen-bond donors (Lipinski definition) is 0. The fourth-order valence-corrected chi connectivity index (χ4v) is 4.83. The van der Waals surface area contributed by atoms with E-state index in [1.807, 2.05) is 4.90 Å². The van der Waals surface area contributed by atoms with Gasteiger partial charge in [0.1, 0.15) is 0 Å². The molecule has 1 aliphatic heterocycles. The smallest absolute Gasteiger partial charge is 0.233 e. The molecule has 27 heavy (non-hydrogen) atoms. The van der Waals surface area contributed by atoms with E-state index in [-0.39, 0.29) is 5.91 Å². The highest BCUT2D eigenvalue weighted by Crippen LogP contribution is 2.29. The van der Waals surface area contributed by atoms with Crippen LogP contribution in [-0.2, 0) is 4.79 Å². The highest BCUT2D eigenvalue weighted by atomic mass is 32.2. The fourth-order valence-electron chi connectivity index (χ4n) is 3.98. The van der Waals surface area contributed by atoms with Crippen LogP contribution in [0.4, 0.5) is 0 Å². The van der Waals surface area contributed by atoms with E-state index >= 15 is 0 Å². The van der Waals surface area contributed by atoms with E-state index in [0.29, 0.717) is 5.75 Å².